The molecule has 4 N–H and O–H groups in total. The lowest BCUT2D eigenvalue weighted by Gasteiger charge is -2.24. The molecule has 0 aromatic heterocycles. The van der Waals surface area contributed by atoms with Crippen LogP contribution in [-0.2, 0) is 16.1 Å². The molecule has 2 aromatic rings. The zero-order valence-corrected chi connectivity index (χ0v) is 16.8. The number of nitrogens with zero attached hydrogens (tertiary/aromatic N) is 1. The van der Waals surface area contributed by atoms with E-state index >= 15 is 0 Å². The molecule has 0 heterocycles. The fraction of sp³-hybridized carbons (Fsp3) is 0.391. The van der Waals surface area contributed by atoms with Crippen LogP contribution in [0.5, 0.6) is 0 Å². The van der Waals surface area contributed by atoms with E-state index in [9.17, 15) is 14.7 Å². The Balaban J connectivity index is 1.63. The molecule has 1 aliphatic rings. The largest absolute Gasteiger partial charge is 0.393 e. The van der Waals surface area contributed by atoms with Crippen LogP contribution in [0.4, 0.5) is 5.69 Å². The number of anilines is 1. The van der Waals surface area contributed by atoms with Crippen LogP contribution in [0.1, 0.15) is 31.2 Å². The number of aliphatic hydroxyl groups excluding tert-OH is 1. The Morgan fingerprint density at radius 3 is 2.41 bits per heavy atom. The first kappa shape index (κ1) is 21.0. The minimum absolute atomic E-state index is 0.00477. The molecule has 2 amide bonds. The van der Waals surface area contributed by atoms with Crippen LogP contribution >= 0.6 is 0 Å². The van der Waals surface area contributed by atoms with Crippen molar-refractivity contribution in [3.05, 3.63) is 54.1 Å². The standard InChI is InChI=1S/C23H29N3O3/c1-26(22(28)14-24)15-16-3-2-4-19(13-16)17-5-9-20(10-6-17)25-23(29)18-7-11-21(27)12-8-18/h2-6,9-10,13,18,21,27H,7-8,11-12,14-15,24H2,1H3,(H,25,29)/t18-,21+. The van der Waals surface area contributed by atoms with Gasteiger partial charge in [-0.15, -0.1) is 0 Å². The van der Waals surface area contributed by atoms with Gasteiger partial charge in [-0.1, -0.05) is 30.3 Å². The maximum atomic E-state index is 12.4. The Morgan fingerprint density at radius 2 is 1.76 bits per heavy atom. The molecular weight excluding hydrogens is 366 g/mol. The SMILES string of the molecule is CN(Cc1cccc(-c2ccc(NC(=O)[C@H]3CC[C@@H](O)CC3)cc2)c1)C(=O)CN. The first-order valence-corrected chi connectivity index (χ1v) is 10.1. The van der Waals surface area contributed by atoms with E-state index in [1.54, 1.807) is 11.9 Å². The second kappa shape index (κ2) is 9.67. The molecule has 29 heavy (non-hydrogen) atoms. The summed E-state index contributed by atoms with van der Waals surface area (Å²) in [7, 11) is 1.74. The number of carbonyl (C=O) groups is 2. The molecule has 6 heteroatoms. The van der Waals surface area contributed by atoms with E-state index < -0.39 is 0 Å². The molecule has 0 unspecified atom stereocenters. The van der Waals surface area contributed by atoms with Crippen molar-refractivity contribution in [2.45, 2.75) is 38.3 Å². The summed E-state index contributed by atoms with van der Waals surface area (Å²) in [5, 5.41) is 12.6. The third-order valence-corrected chi connectivity index (χ3v) is 5.50. The second-order valence-corrected chi connectivity index (χ2v) is 7.73. The first-order valence-electron chi connectivity index (χ1n) is 10.1. The highest BCUT2D eigenvalue weighted by atomic mass is 16.3. The van der Waals surface area contributed by atoms with E-state index in [0.29, 0.717) is 19.4 Å². The molecule has 0 aliphatic heterocycles. The summed E-state index contributed by atoms with van der Waals surface area (Å²) in [4.78, 5) is 25.7. The smallest absolute Gasteiger partial charge is 0.236 e. The van der Waals surface area contributed by atoms with Crippen LogP contribution in [-0.4, -0.2) is 41.5 Å². The predicted molar refractivity (Wildman–Crippen MR) is 114 cm³/mol. The summed E-state index contributed by atoms with van der Waals surface area (Å²) >= 11 is 0. The lowest BCUT2D eigenvalue weighted by molar-refractivity contribution is -0.128. The van der Waals surface area contributed by atoms with Gasteiger partial charge in [0.2, 0.25) is 11.8 Å². The molecule has 2 aromatic carbocycles. The quantitative estimate of drug-likeness (QED) is 0.701. The third kappa shape index (κ3) is 5.65. The van der Waals surface area contributed by atoms with Gasteiger partial charge in [-0.05, 0) is 60.6 Å². The number of nitrogens with two attached hydrogens (primary N) is 1. The Morgan fingerprint density at radius 1 is 1.07 bits per heavy atom. The van der Waals surface area contributed by atoms with Crippen LogP contribution in [0.15, 0.2) is 48.5 Å². The molecule has 0 bridgehead atoms. The van der Waals surface area contributed by atoms with Crippen LogP contribution in [0.25, 0.3) is 11.1 Å². The van der Waals surface area contributed by atoms with Crippen molar-refractivity contribution < 1.29 is 14.7 Å². The Hall–Kier alpha value is -2.70. The molecule has 154 valence electrons. The van der Waals surface area contributed by atoms with E-state index in [-0.39, 0.29) is 30.4 Å². The topological polar surface area (TPSA) is 95.7 Å². The molecule has 0 spiro atoms. The van der Waals surface area contributed by atoms with Gasteiger partial charge in [0.1, 0.15) is 0 Å². The number of hydrogen-bond donors (Lipinski definition) is 3. The van der Waals surface area contributed by atoms with Gasteiger partial charge in [0.25, 0.3) is 0 Å². The van der Waals surface area contributed by atoms with Crippen LogP contribution in [0.2, 0.25) is 0 Å². The number of aliphatic hydroxyl groups is 1. The van der Waals surface area contributed by atoms with Crippen LogP contribution in [0.3, 0.4) is 0 Å². The van der Waals surface area contributed by atoms with Gasteiger partial charge in [0.15, 0.2) is 0 Å². The van der Waals surface area contributed by atoms with Crippen molar-refractivity contribution in [3.8, 4) is 11.1 Å². The van der Waals surface area contributed by atoms with Crippen molar-refractivity contribution in [2.75, 3.05) is 18.9 Å². The van der Waals surface area contributed by atoms with E-state index in [0.717, 1.165) is 35.2 Å². The number of amides is 2. The number of hydrogen-bond acceptors (Lipinski definition) is 4. The highest BCUT2D eigenvalue weighted by Gasteiger charge is 2.25. The van der Waals surface area contributed by atoms with Gasteiger partial charge in [-0.2, -0.15) is 0 Å². The van der Waals surface area contributed by atoms with Crippen molar-refractivity contribution >= 4 is 17.5 Å². The van der Waals surface area contributed by atoms with Crippen molar-refractivity contribution in [1.29, 1.82) is 0 Å². The summed E-state index contributed by atoms with van der Waals surface area (Å²) in [6, 6.07) is 15.8. The van der Waals surface area contributed by atoms with Gasteiger partial charge < -0.3 is 21.1 Å². The zero-order valence-electron chi connectivity index (χ0n) is 16.8. The number of benzene rings is 2. The third-order valence-electron chi connectivity index (χ3n) is 5.50. The summed E-state index contributed by atoms with van der Waals surface area (Å²) in [5.41, 5.74) is 9.31. The lowest BCUT2D eigenvalue weighted by Crippen LogP contribution is -2.32. The Labute approximate surface area is 171 Å². The summed E-state index contributed by atoms with van der Waals surface area (Å²) in [6.45, 7) is 0.513. The highest BCUT2D eigenvalue weighted by molar-refractivity contribution is 5.92. The molecule has 1 fully saturated rings. The second-order valence-electron chi connectivity index (χ2n) is 7.73. The van der Waals surface area contributed by atoms with E-state index in [4.69, 9.17) is 5.73 Å². The number of likely N-dealkylation sites (N-methyl/N-ethyl adjacent to an activating group) is 1. The minimum atomic E-state index is -0.262. The summed E-state index contributed by atoms with van der Waals surface area (Å²) in [6.07, 6.45) is 2.60. The summed E-state index contributed by atoms with van der Waals surface area (Å²) < 4.78 is 0. The van der Waals surface area contributed by atoms with Crippen molar-refractivity contribution in [2.24, 2.45) is 11.7 Å². The lowest BCUT2D eigenvalue weighted by atomic mass is 9.87. The molecule has 1 saturated carbocycles. The summed E-state index contributed by atoms with van der Waals surface area (Å²) in [5.74, 6) is -0.0924. The van der Waals surface area contributed by atoms with E-state index in [1.807, 2.05) is 42.5 Å². The Bertz CT molecular complexity index is 843. The van der Waals surface area contributed by atoms with Crippen molar-refractivity contribution in [3.63, 3.8) is 0 Å². The van der Waals surface area contributed by atoms with Crippen LogP contribution < -0.4 is 11.1 Å². The van der Waals surface area contributed by atoms with Gasteiger partial charge in [-0.25, -0.2) is 0 Å². The van der Waals surface area contributed by atoms with Gasteiger partial charge >= 0.3 is 0 Å². The highest BCUT2D eigenvalue weighted by Crippen LogP contribution is 2.27. The fourth-order valence-electron chi connectivity index (χ4n) is 3.70. The van der Waals surface area contributed by atoms with Crippen molar-refractivity contribution in [1.82, 2.24) is 4.90 Å². The van der Waals surface area contributed by atoms with Gasteiger partial charge in [0.05, 0.1) is 12.6 Å². The number of nitrogens with one attached hydrogen (secondary N) is 1. The molecule has 0 saturated heterocycles. The first-order chi connectivity index (χ1) is 14.0. The molecule has 1 aliphatic carbocycles. The van der Waals surface area contributed by atoms with Gasteiger partial charge in [0, 0.05) is 25.2 Å². The number of rotatable bonds is 6. The fourth-order valence-corrected chi connectivity index (χ4v) is 3.70. The van der Waals surface area contributed by atoms with Gasteiger partial charge in [-0.3, -0.25) is 9.59 Å². The Kier molecular flexibility index (Phi) is 7.01. The average molecular weight is 396 g/mol. The maximum Gasteiger partial charge on any atom is 0.236 e. The molecule has 0 radical (unpaired) electrons. The molecular formula is C23H29N3O3. The number of carbonyl (C=O) groups excluding carboxylic acids is 2. The van der Waals surface area contributed by atoms with Crippen LogP contribution in [0, 0.1) is 5.92 Å². The normalized spacial score (nSPS) is 18.9. The minimum Gasteiger partial charge on any atom is -0.393 e. The van der Waals surface area contributed by atoms with E-state index in [2.05, 4.69) is 11.4 Å². The molecule has 6 nitrogen and oxygen atoms in total. The zero-order chi connectivity index (χ0) is 20.8. The molecule has 3 rings (SSSR count). The maximum absolute atomic E-state index is 12.4. The predicted octanol–water partition coefficient (Wildman–Crippen LogP) is 2.76. The van der Waals surface area contributed by atoms with E-state index in [1.165, 1.54) is 0 Å². The average Bonchev–Trinajstić information content (AvgIpc) is 2.74. The molecule has 0 atom stereocenters. The monoisotopic (exact) mass is 395 g/mol.